The maximum atomic E-state index is 6.42. The highest BCUT2D eigenvalue weighted by atomic mass is 35.5. The maximum absolute atomic E-state index is 6.42. The van der Waals surface area contributed by atoms with Crippen molar-refractivity contribution < 1.29 is 0 Å². The number of fused-ring (bicyclic) bond motifs is 3. The largest absolute Gasteiger partial charge is 0.336 e. The number of aromatic nitrogens is 5. The van der Waals surface area contributed by atoms with Crippen LogP contribution < -0.4 is 0 Å². The molecular weight excluding hydrogens is 381 g/mol. The van der Waals surface area contributed by atoms with Gasteiger partial charge in [-0.05, 0) is 47.2 Å². The Bertz CT molecular complexity index is 1270. The van der Waals surface area contributed by atoms with Crippen LogP contribution in [-0.2, 0) is 6.54 Å². The highest BCUT2D eigenvalue weighted by Crippen LogP contribution is 2.33. The summed E-state index contributed by atoms with van der Waals surface area (Å²) in [7, 11) is 0. The van der Waals surface area contributed by atoms with Crippen molar-refractivity contribution in [3.05, 3.63) is 76.3 Å². The first-order valence-corrected chi connectivity index (χ1v) is 9.15. The van der Waals surface area contributed by atoms with E-state index in [2.05, 4.69) is 49.5 Å². The molecular formula is C20H13Cl2N5. The maximum Gasteiger partial charge on any atom is 0.204 e. The summed E-state index contributed by atoms with van der Waals surface area (Å²) < 4.78 is 2.26. The van der Waals surface area contributed by atoms with Gasteiger partial charge in [-0.15, -0.1) is 10.2 Å². The van der Waals surface area contributed by atoms with Gasteiger partial charge in [-0.3, -0.25) is 0 Å². The molecule has 0 amide bonds. The molecule has 5 aromatic rings. The predicted octanol–water partition coefficient (Wildman–Crippen LogP) is 5.33. The molecule has 0 aliphatic heterocycles. The van der Waals surface area contributed by atoms with Gasteiger partial charge < -0.3 is 4.57 Å². The molecule has 0 atom stereocenters. The van der Waals surface area contributed by atoms with Crippen molar-refractivity contribution in [3.63, 3.8) is 0 Å². The highest BCUT2D eigenvalue weighted by Gasteiger charge is 2.14. The van der Waals surface area contributed by atoms with Crippen LogP contribution in [0.25, 0.3) is 33.2 Å². The number of hydrogen-bond donors (Lipinski definition) is 1. The SMILES string of the molecule is Clc1ccc(Cn2c3ccccc3c3cc(-c4nn[nH]n4)ccc32)c(Cl)c1. The average molecular weight is 394 g/mol. The number of rotatable bonds is 3. The molecule has 2 aromatic heterocycles. The molecule has 0 saturated carbocycles. The summed E-state index contributed by atoms with van der Waals surface area (Å²) in [5, 5.41) is 17.9. The van der Waals surface area contributed by atoms with Crippen molar-refractivity contribution >= 4 is 45.0 Å². The van der Waals surface area contributed by atoms with Crippen molar-refractivity contribution in [3.8, 4) is 11.4 Å². The molecule has 5 nitrogen and oxygen atoms in total. The lowest BCUT2D eigenvalue weighted by atomic mass is 10.1. The molecule has 0 saturated heterocycles. The second-order valence-corrected chi connectivity index (χ2v) is 7.15. The molecule has 0 aliphatic carbocycles. The Morgan fingerprint density at radius 1 is 0.889 bits per heavy atom. The Morgan fingerprint density at radius 3 is 2.56 bits per heavy atom. The highest BCUT2D eigenvalue weighted by molar-refractivity contribution is 6.35. The molecule has 3 aromatic carbocycles. The lowest BCUT2D eigenvalue weighted by Crippen LogP contribution is -2.00. The summed E-state index contributed by atoms with van der Waals surface area (Å²) in [6.45, 7) is 0.654. The number of halogens is 2. The minimum Gasteiger partial charge on any atom is -0.336 e. The molecule has 7 heteroatoms. The standard InChI is InChI=1S/C20H13Cl2N5/c21-14-7-5-13(17(22)10-14)11-27-18-4-2-1-3-15(18)16-9-12(6-8-19(16)27)20-23-25-26-24-20/h1-10H,11H2,(H,23,24,25,26). The van der Waals surface area contributed by atoms with E-state index in [1.54, 1.807) is 6.07 Å². The van der Waals surface area contributed by atoms with Gasteiger partial charge in [0.15, 0.2) is 0 Å². The van der Waals surface area contributed by atoms with Gasteiger partial charge in [0.2, 0.25) is 5.82 Å². The van der Waals surface area contributed by atoms with Gasteiger partial charge in [0.25, 0.3) is 0 Å². The van der Waals surface area contributed by atoms with Gasteiger partial charge in [0.1, 0.15) is 0 Å². The Balaban J connectivity index is 1.73. The molecule has 0 aliphatic rings. The van der Waals surface area contributed by atoms with Crippen LogP contribution in [0.2, 0.25) is 10.0 Å². The fourth-order valence-corrected chi connectivity index (χ4v) is 3.94. The number of hydrogen-bond acceptors (Lipinski definition) is 3. The molecule has 0 spiro atoms. The van der Waals surface area contributed by atoms with Crippen LogP contribution in [0, 0.1) is 0 Å². The first-order valence-electron chi connectivity index (χ1n) is 8.39. The number of para-hydroxylation sites is 1. The van der Waals surface area contributed by atoms with Gasteiger partial charge in [-0.25, -0.2) is 0 Å². The molecule has 132 valence electrons. The Morgan fingerprint density at radius 2 is 1.74 bits per heavy atom. The Kier molecular flexibility index (Phi) is 3.85. The molecule has 27 heavy (non-hydrogen) atoms. The molecule has 1 N–H and O–H groups in total. The number of tetrazole rings is 1. The minimum atomic E-state index is 0.578. The van der Waals surface area contributed by atoms with E-state index in [1.807, 2.05) is 30.3 Å². The third-order valence-corrected chi connectivity index (χ3v) is 5.31. The second-order valence-electron chi connectivity index (χ2n) is 6.31. The fourth-order valence-electron chi connectivity index (χ4n) is 3.47. The van der Waals surface area contributed by atoms with Gasteiger partial charge in [-0.2, -0.15) is 5.21 Å². The van der Waals surface area contributed by atoms with E-state index < -0.39 is 0 Å². The van der Waals surface area contributed by atoms with E-state index in [0.717, 1.165) is 27.5 Å². The van der Waals surface area contributed by atoms with Crippen LogP contribution in [0.4, 0.5) is 0 Å². The number of H-pyrrole nitrogens is 1. The third-order valence-electron chi connectivity index (χ3n) is 4.72. The van der Waals surface area contributed by atoms with Crippen LogP contribution in [0.15, 0.2) is 60.7 Å². The van der Waals surface area contributed by atoms with Gasteiger partial charge in [0.05, 0.1) is 0 Å². The third kappa shape index (κ3) is 2.76. The lowest BCUT2D eigenvalue weighted by molar-refractivity contribution is 0.869. The molecule has 0 bridgehead atoms. The zero-order valence-electron chi connectivity index (χ0n) is 14.0. The first-order chi connectivity index (χ1) is 13.2. The smallest absolute Gasteiger partial charge is 0.204 e. The van der Waals surface area contributed by atoms with Crippen LogP contribution in [0.3, 0.4) is 0 Å². The van der Waals surface area contributed by atoms with E-state index in [0.29, 0.717) is 22.4 Å². The van der Waals surface area contributed by atoms with Gasteiger partial charge in [-0.1, -0.05) is 47.5 Å². The summed E-state index contributed by atoms with van der Waals surface area (Å²) in [4.78, 5) is 0. The Hall–Kier alpha value is -2.89. The molecule has 0 fully saturated rings. The van der Waals surface area contributed by atoms with Crippen molar-refractivity contribution in [2.24, 2.45) is 0 Å². The summed E-state index contributed by atoms with van der Waals surface area (Å²) >= 11 is 12.5. The Labute approximate surface area is 164 Å². The fraction of sp³-hybridized carbons (Fsp3) is 0.0500. The minimum absolute atomic E-state index is 0.578. The zero-order chi connectivity index (χ0) is 18.4. The number of nitrogens with one attached hydrogen (secondary N) is 1. The quantitative estimate of drug-likeness (QED) is 0.450. The normalized spacial score (nSPS) is 11.5. The van der Waals surface area contributed by atoms with E-state index in [-0.39, 0.29) is 0 Å². The van der Waals surface area contributed by atoms with Crippen molar-refractivity contribution in [1.29, 1.82) is 0 Å². The van der Waals surface area contributed by atoms with E-state index >= 15 is 0 Å². The molecule has 0 unspecified atom stereocenters. The summed E-state index contributed by atoms with van der Waals surface area (Å²) in [5.74, 6) is 0.578. The zero-order valence-corrected chi connectivity index (χ0v) is 15.5. The van der Waals surface area contributed by atoms with E-state index in [4.69, 9.17) is 23.2 Å². The monoisotopic (exact) mass is 393 g/mol. The van der Waals surface area contributed by atoms with Crippen LogP contribution in [-0.4, -0.2) is 25.2 Å². The average Bonchev–Trinajstić information content (AvgIpc) is 3.31. The summed E-state index contributed by atoms with van der Waals surface area (Å²) in [6, 6.07) is 20.1. The van der Waals surface area contributed by atoms with Crippen LogP contribution in [0.1, 0.15) is 5.56 Å². The van der Waals surface area contributed by atoms with Crippen LogP contribution in [0.5, 0.6) is 0 Å². The van der Waals surface area contributed by atoms with E-state index in [1.165, 1.54) is 5.39 Å². The van der Waals surface area contributed by atoms with Crippen LogP contribution >= 0.6 is 23.2 Å². The predicted molar refractivity (Wildman–Crippen MR) is 108 cm³/mol. The lowest BCUT2D eigenvalue weighted by Gasteiger charge is -2.10. The van der Waals surface area contributed by atoms with Crippen molar-refractivity contribution in [2.45, 2.75) is 6.54 Å². The summed E-state index contributed by atoms with van der Waals surface area (Å²) in [6.07, 6.45) is 0. The van der Waals surface area contributed by atoms with Gasteiger partial charge >= 0.3 is 0 Å². The summed E-state index contributed by atoms with van der Waals surface area (Å²) in [5.41, 5.74) is 4.20. The topological polar surface area (TPSA) is 59.4 Å². The second kappa shape index (κ2) is 6.37. The molecule has 5 rings (SSSR count). The molecule has 0 radical (unpaired) electrons. The van der Waals surface area contributed by atoms with Crippen molar-refractivity contribution in [1.82, 2.24) is 25.2 Å². The van der Waals surface area contributed by atoms with Crippen molar-refractivity contribution in [2.75, 3.05) is 0 Å². The van der Waals surface area contributed by atoms with E-state index in [9.17, 15) is 0 Å². The number of benzene rings is 3. The first kappa shape index (κ1) is 16.3. The molecule has 2 heterocycles. The number of aromatic amines is 1. The number of nitrogens with zero attached hydrogens (tertiary/aromatic N) is 4. The van der Waals surface area contributed by atoms with Gasteiger partial charge in [0, 0.05) is 44.0 Å².